The third-order valence-electron chi connectivity index (χ3n) is 3.91. The summed E-state index contributed by atoms with van der Waals surface area (Å²) in [6.07, 6.45) is 0.901. The minimum absolute atomic E-state index is 0.121. The van der Waals surface area contributed by atoms with Gasteiger partial charge in [0, 0.05) is 24.7 Å². The van der Waals surface area contributed by atoms with Gasteiger partial charge in [-0.2, -0.15) is 5.10 Å². The summed E-state index contributed by atoms with van der Waals surface area (Å²) in [5, 5.41) is 13.5. The van der Waals surface area contributed by atoms with Crippen molar-refractivity contribution in [3.05, 3.63) is 17.0 Å². The van der Waals surface area contributed by atoms with E-state index in [-0.39, 0.29) is 18.5 Å². The van der Waals surface area contributed by atoms with Crippen LogP contribution in [0.5, 0.6) is 0 Å². The number of carbonyl (C=O) groups is 2. The molecule has 0 radical (unpaired) electrons. The second-order valence-corrected chi connectivity index (χ2v) is 6.73. The Kier molecular flexibility index (Phi) is 6.79. The highest BCUT2D eigenvalue weighted by molar-refractivity contribution is 5.81. The summed E-state index contributed by atoms with van der Waals surface area (Å²) >= 11 is 0. The number of hydrogen-bond donors (Lipinski definition) is 1. The molecule has 23 heavy (non-hydrogen) atoms. The van der Waals surface area contributed by atoms with Crippen LogP contribution in [0.1, 0.15) is 51.1 Å². The largest absolute Gasteiger partial charge is 0.480 e. The van der Waals surface area contributed by atoms with Gasteiger partial charge in [-0.15, -0.1) is 0 Å². The van der Waals surface area contributed by atoms with Crippen molar-refractivity contribution in [3.8, 4) is 0 Å². The summed E-state index contributed by atoms with van der Waals surface area (Å²) in [4.78, 5) is 24.6. The Bertz CT molecular complexity index is 562. The maximum Gasteiger partial charge on any atom is 0.323 e. The molecule has 0 fully saturated rings. The summed E-state index contributed by atoms with van der Waals surface area (Å²) in [6, 6.07) is -0.121. The number of carboxylic acid groups (broad SMARTS) is 1. The van der Waals surface area contributed by atoms with Crippen LogP contribution in [0, 0.1) is 19.8 Å². The minimum atomic E-state index is -0.982. The summed E-state index contributed by atoms with van der Waals surface area (Å²) < 4.78 is 2.00. The predicted octanol–water partition coefficient (Wildman–Crippen LogP) is 2.41. The molecular formula is C17H29N3O3. The lowest BCUT2D eigenvalue weighted by Crippen LogP contribution is -2.40. The number of aromatic nitrogens is 2. The first-order chi connectivity index (χ1) is 10.6. The van der Waals surface area contributed by atoms with E-state index >= 15 is 0 Å². The molecule has 6 heteroatoms. The smallest absolute Gasteiger partial charge is 0.323 e. The SMILES string of the molecule is Cc1nn(CC(C)C)c(C)c1CCC(=O)N(CC(=O)O)C(C)C. The second kappa shape index (κ2) is 8.13. The molecule has 1 rings (SSSR count). The Balaban J connectivity index is 2.79. The molecule has 0 unspecified atom stereocenters. The van der Waals surface area contributed by atoms with Gasteiger partial charge in [-0.05, 0) is 45.6 Å². The second-order valence-electron chi connectivity index (χ2n) is 6.73. The van der Waals surface area contributed by atoms with Crippen molar-refractivity contribution in [2.24, 2.45) is 5.92 Å². The molecule has 130 valence electrons. The van der Waals surface area contributed by atoms with E-state index in [9.17, 15) is 9.59 Å². The predicted molar refractivity (Wildman–Crippen MR) is 89.3 cm³/mol. The van der Waals surface area contributed by atoms with Gasteiger partial charge in [-0.25, -0.2) is 0 Å². The number of carbonyl (C=O) groups excluding carboxylic acids is 1. The van der Waals surface area contributed by atoms with Crippen LogP contribution in [-0.2, 0) is 22.6 Å². The van der Waals surface area contributed by atoms with Gasteiger partial charge in [-0.3, -0.25) is 14.3 Å². The average Bonchev–Trinajstić information content (AvgIpc) is 2.67. The van der Waals surface area contributed by atoms with Crippen molar-refractivity contribution in [1.82, 2.24) is 14.7 Å². The van der Waals surface area contributed by atoms with E-state index in [1.165, 1.54) is 4.90 Å². The fourth-order valence-corrected chi connectivity index (χ4v) is 2.70. The summed E-state index contributed by atoms with van der Waals surface area (Å²) in [6.45, 7) is 12.5. The fraction of sp³-hybridized carbons (Fsp3) is 0.706. The van der Waals surface area contributed by atoms with E-state index in [1.807, 2.05) is 32.4 Å². The highest BCUT2D eigenvalue weighted by Crippen LogP contribution is 2.17. The van der Waals surface area contributed by atoms with Gasteiger partial charge in [0.1, 0.15) is 6.54 Å². The molecule has 1 N–H and O–H groups in total. The molecule has 1 heterocycles. The molecule has 1 aromatic rings. The monoisotopic (exact) mass is 323 g/mol. The van der Waals surface area contributed by atoms with Crippen LogP contribution in [0.15, 0.2) is 0 Å². The van der Waals surface area contributed by atoms with E-state index in [1.54, 1.807) is 0 Å². The zero-order chi connectivity index (χ0) is 17.7. The zero-order valence-corrected chi connectivity index (χ0v) is 15.1. The highest BCUT2D eigenvalue weighted by Gasteiger charge is 2.21. The average molecular weight is 323 g/mol. The maximum atomic E-state index is 12.3. The molecule has 0 aliphatic rings. The first-order valence-corrected chi connectivity index (χ1v) is 8.17. The Morgan fingerprint density at radius 3 is 2.30 bits per heavy atom. The topological polar surface area (TPSA) is 75.4 Å². The van der Waals surface area contributed by atoms with Crippen LogP contribution in [0.2, 0.25) is 0 Å². The van der Waals surface area contributed by atoms with Crippen LogP contribution >= 0.6 is 0 Å². The Hall–Kier alpha value is -1.85. The molecule has 0 atom stereocenters. The van der Waals surface area contributed by atoms with E-state index in [0.29, 0.717) is 18.8 Å². The molecule has 0 aliphatic heterocycles. The third kappa shape index (κ3) is 5.37. The number of hydrogen-bond acceptors (Lipinski definition) is 3. The van der Waals surface area contributed by atoms with Gasteiger partial charge < -0.3 is 10.0 Å². The van der Waals surface area contributed by atoms with Crippen molar-refractivity contribution in [2.45, 2.75) is 67.0 Å². The van der Waals surface area contributed by atoms with E-state index in [2.05, 4.69) is 18.9 Å². The lowest BCUT2D eigenvalue weighted by Gasteiger charge is -2.24. The number of carboxylic acids is 1. The van der Waals surface area contributed by atoms with Gasteiger partial charge in [0.25, 0.3) is 0 Å². The van der Waals surface area contributed by atoms with Crippen LogP contribution in [0.4, 0.5) is 0 Å². The lowest BCUT2D eigenvalue weighted by molar-refractivity contribution is -0.145. The quantitative estimate of drug-likeness (QED) is 0.797. The number of amides is 1. The van der Waals surface area contributed by atoms with Crippen molar-refractivity contribution in [2.75, 3.05) is 6.54 Å². The van der Waals surface area contributed by atoms with Crippen LogP contribution in [-0.4, -0.2) is 44.3 Å². The Morgan fingerprint density at radius 1 is 1.22 bits per heavy atom. The summed E-state index contributed by atoms with van der Waals surface area (Å²) in [5.74, 6) is -0.601. The van der Waals surface area contributed by atoms with E-state index < -0.39 is 5.97 Å². The minimum Gasteiger partial charge on any atom is -0.480 e. The lowest BCUT2D eigenvalue weighted by atomic mass is 10.1. The third-order valence-corrected chi connectivity index (χ3v) is 3.91. The van der Waals surface area contributed by atoms with Crippen molar-refractivity contribution in [3.63, 3.8) is 0 Å². The molecule has 0 saturated carbocycles. The van der Waals surface area contributed by atoms with E-state index in [4.69, 9.17) is 5.11 Å². The molecule has 0 bridgehead atoms. The first kappa shape index (κ1) is 19.2. The van der Waals surface area contributed by atoms with Crippen LogP contribution in [0.25, 0.3) is 0 Å². The molecule has 1 aromatic heterocycles. The van der Waals surface area contributed by atoms with Crippen molar-refractivity contribution < 1.29 is 14.7 Å². The summed E-state index contributed by atoms with van der Waals surface area (Å²) in [5.41, 5.74) is 3.14. The van der Waals surface area contributed by atoms with E-state index in [0.717, 1.165) is 23.5 Å². The highest BCUT2D eigenvalue weighted by atomic mass is 16.4. The molecule has 1 amide bonds. The van der Waals surface area contributed by atoms with Gasteiger partial charge in [-0.1, -0.05) is 13.8 Å². The Morgan fingerprint density at radius 2 is 1.83 bits per heavy atom. The molecule has 6 nitrogen and oxygen atoms in total. The summed E-state index contributed by atoms with van der Waals surface area (Å²) in [7, 11) is 0. The van der Waals surface area contributed by atoms with Gasteiger partial charge in [0.05, 0.1) is 5.69 Å². The first-order valence-electron chi connectivity index (χ1n) is 8.17. The van der Waals surface area contributed by atoms with Crippen molar-refractivity contribution >= 4 is 11.9 Å². The normalized spacial score (nSPS) is 11.3. The van der Waals surface area contributed by atoms with Crippen LogP contribution in [0.3, 0.4) is 0 Å². The maximum absolute atomic E-state index is 12.3. The Labute approximate surface area is 138 Å². The molecule has 0 saturated heterocycles. The number of aliphatic carboxylic acids is 1. The van der Waals surface area contributed by atoms with Gasteiger partial charge in [0.15, 0.2) is 0 Å². The van der Waals surface area contributed by atoms with Crippen LogP contribution < -0.4 is 0 Å². The number of aryl methyl sites for hydroxylation is 1. The molecule has 0 spiro atoms. The molecule has 0 aromatic carbocycles. The van der Waals surface area contributed by atoms with Crippen molar-refractivity contribution in [1.29, 1.82) is 0 Å². The number of nitrogens with zero attached hydrogens (tertiary/aromatic N) is 3. The molecular weight excluding hydrogens is 294 g/mol. The number of rotatable bonds is 8. The zero-order valence-electron chi connectivity index (χ0n) is 15.1. The standard InChI is InChI=1S/C17H29N3O3/c1-11(2)9-20-14(6)15(13(5)18-20)7-8-16(21)19(12(3)4)10-17(22)23/h11-12H,7-10H2,1-6H3,(H,22,23). The van der Waals surface area contributed by atoms with Gasteiger partial charge in [0.2, 0.25) is 5.91 Å². The van der Waals surface area contributed by atoms with Gasteiger partial charge >= 0.3 is 5.97 Å². The molecule has 0 aliphatic carbocycles. The fourth-order valence-electron chi connectivity index (χ4n) is 2.70.